The molecule has 0 saturated carbocycles. The highest BCUT2D eigenvalue weighted by Gasteiger charge is 2.28. The predicted molar refractivity (Wildman–Crippen MR) is 97.9 cm³/mol. The number of piperidine rings is 1. The van der Waals surface area contributed by atoms with Crippen molar-refractivity contribution in [1.82, 2.24) is 9.88 Å². The second-order valence-corrected chi connectivity index (χ2v) is 6.49. The van der Waals surface area contributed by atoms with Crippen molar-refractivity contribution < 1.29 is 5.11 Å². The van der Waals surface area contributed by atoms with Crippen LogP contribution in [0.2, 0.25) is 0 Å². The van der Waals surface area contributed by atoms with E-state index < -0.39 is 6.10 Å². The van der Waals surface area contributed by atoms with Gasteiger partial charge in [-0.05, 0) is 42.1 Å². The summed E-state index contributed by atoms with van der Waals surface area (Å²) in [4.78, 5) is 6.55. The number of pyridine rings is 1. The number of nitrogens with zero attached hydrogens (tertiary/aromatic N) is 2. The summed E-state index contributed by atoms with van der Waals surface area (Å²) in [5.41, 5.74) is 3.25. The number of likely N-dealkylation sites (tertiary alicyclic amines) is 1. The number of aliphatic hydroxyl groups is 1. The smallest absolute Gasteiger partial charge is 0.0945 e. The van der Waals surface area contributed by atoms with Gasteiger partial charge in [-0.25, -0.2) is 0 Å². The average molecular weight is 408 g/mol. The van der Waals surface area contributed by atoms with Crippen molar-refractivity contribution in [3.63, 3.8) is 0 Å². The lowest BCUT2D eigenvalue weighted by molar-refractivity contribution is 0.0385. The molecule has 2 heterocycles. The Bertz CT molecular complexity index is 588. The first-order chi connectivity index (χ1) is 10.8. The molecule has 22 heavy (non-hydrogen) atoms. The molecule has 0 unspecified atom stereocenters. The van der Waals surface area contributed by atoms with E-state index in [9.17, 15) is 5.11 Å². The van der Waals surface area contributed by atoms with Crippen LogP contribution in [0.1, 0.15) is 30.9 Å². The normalized spacial score (nSPS) is 20.7. The van der Waals surface area contributed by atoms with Gasteiger partial charge in [0.25, 0.3) is 0 Å². The van der Waals surface area contributed by atoms with Crippen molar-refractivity contribution in [3.8, 4) is 11.1 Å². The molecule has 1 aromatic carbocycles. The predicted octanol–water partition coefficient (Wildman–Crippen LogP) is 4.03. The Morgan fingerprint density at radius 2 is 2.00 bits per heavy atom. The van der Waals surface area contributed by atoms with E-state index in [1.165, 1.54) is 12.8 Å². The number of benzene rings is 1. The van der Waals surface area contributed by atoms with Gasteiger partial charge in [0.2, 0.25) is 0 Å². The summed E-state index contributed by atoms with van der Waals surface area (Å²) in [7, 11) is 0. The number of hydrogen-bond donors (Lipinski definition) is 1. The third-order valence-electron chi connectivity index (χ3n) is 4.43. The maximum Gasteiger partial charge on any atom is 0.0945 e. The zero-order chi connectivity index (χ0) is 15.4. The number of alkyl halides is 1. The summed E-state index contributed by atoms with van der Waals surface area (Å²) in [6.45, 7) is 1.10. The van der Waals surface area contributed by atoms with Crippen molar-refractivity contribution in [2.75, 3.05) is 11.1 Å². The molecule has 0 amide bonds. The Hall–Kier alpha value is -0.980. The molecule has 0 aliphatic carbocycles. The van der Waals surface area contributed by atoms with Crippen LogP contribution in [0, 0.1) is 0 Å². The fraction of sp³-hybridized carbons (Fsp3) is 0.389. The van der Waals surface area contributed by atoms with Crippen molar-refractivity contribution in [1.29, 1.82) is 0 Å². The second-order valence-electron chi connectivity index (χ2n) is 5.80. The Balaban J connectivity index is 1.77. The van der Waals surface area contributed by atoms with Gasteiger partial charge in [0.15, 0.2) is 0 Å². The van der Waals surface area contributed by atoms with E-state index in [-0.39, 0.29) is 6.04 Å². The molecule has 1 N–H and O–H groups in total. The average Bonchev–Trinajstić information content (AvgIpc) is 2.62. The number of hydrogen-bond acceptors (Lipinski definition) is 3. The van der Waals surface area contributed by atoms with E-state index in [1.54, 1.807) is 6.20 Å². The Morgan fingerprint density at radius 3 is 2.68 bits per heavy atom. The molecule has 2 aromatic rings. The van der Waals surface area contributed by atoms with E-state index in [2.05, 4.69) is 50.7 Å². The van der Waals surface area contributed by atoms with Gasteiger partial charge in [0, 0.05) is 18.4 Å². The van der Waals surface area contributed by atoms with Crippen LogP contribution in [0.5, 0.6) is 0 Å². The van der Waals surface area contributed by atoms with Crippen LogP contribution in [0.15, 0.2) is 48.8 Å². The van der Waals surface area contributed by atoms with E-state index in [4.69, 9.17) is 0 Å². The van der Waals surface area contributed by atoms with Gasteiger partial charge in [-0.2, -0.15) is 0 Å². The van der Waals surface area contributed by atoms with Crippen molar-refractivity contribution in [2.24, 2.45) is 0 Å². The van der Waals surface area contributed by atoms with Gasteiger partial charge >= 0.3 is 0 Å². The molecule has 0 bridgehead atoms. The highest BCUT2D eigenvalue weighted by atomic mass is 127. The van der Waals surface area contributed by atoms with Gasteiger partial charge < -0.3 is 5.11 Å². The molecule has 1 fully saturated rings. The van der Waals surface area contributed by atoms with Crippen molar-refractivity contribution in [3.05, 3.63) is 54.4 Å². The molecule has 1 aliphatic heterocycles. The minimum Gasteiger partial charge on any atom is -0.387 e. The first-order valence-electron chi connectivity index (χ1n) is 7.78. The van der Waals surface area contributed by atoms with E-state index in [1.807, 2.05) is 24.4 Å². The second kappa shape index (κ2) is 7.53. The summed E-state index contributed by atoms with van der Waals surface area (Å²) in [5.74, 6) is 0. The third kappa shape index (κ3) is 3.50. The van der Waals surface area contributed by atoms with E-state index >= 15 is 0 Å². The highest BCUT2D eigenvalue weighted by Crippen LogP contribution is 2.30. The van der Waals surface area contributed by atoms with Gasteiger partial charge in [-0.15, -0.1) is 0 Å². The zero-order valence-corrected chi connectivity index (χ0v) is 14.7. The van der Waals surface area contributed by atoms with E-state index in [0.29, 0.717) is 0 Å². The van der Waals surface area contributed by atoms with Gasteiger partial charge in [-0.3, -0.25) is 9.88 Å². The van der Waals surface area contributed by atoms with Crippen LogP contribution in [0.3, 0.4) is 0 Å². The van der Waals surface area contributed by atoms with Crippen LogP contribution < -0.4 is 0 Å². The minimum absolute atomic E-state index is 0.245. The summed E-state index contributed by atoms with van der Waals surface area (Å²) in [6, 6.07) is 12.5. The van der Waals surface area contributed by atoms with Crippen LogP contribution in [0.4, 0.5) is 0 Å². The van der Waals surface area contributed by atoms with E-state index in [0.717, 1.165) is 34.2 Å². The topological polar surface area (TPSA) is 36.4 Å². The Labute approximate surface area is 145 Å². The van der Waals surface area contributed by atoms with Crippen LogP contribution in [0.25, 0.3) is 11.1 Å². The maximum atomic E-state index is 10.8. The molecule has 116 valence electrons. The fourth-order valence-electron chi connectivity index (χ4n) is 3.15. The molecule has 0 radical (unpaired) electrons. The summed E-state index contributed by atoms with van der Waals surface area (Å²) >= 11 is 2.40. The minimum atomic E-state index is -0.405. The zero-order valence-electron chi connectivity index (χ0n) is 12.5. The molecule has 0 spiro atoms. The molecule has 1 aliphatic rings. The summed E-state index contributed by atoms with van der Waals surface area (Å²) < 4.78 is 0.979. The molecule has 4 heteroatoms. The third-order valence-corrected chi connectivity index (χ3v) is 5.31. The highest BCUT2D eigenvalue weighted by molar-refractivity contribution is 14.1. The van der Waals surface area contributed by atoms with Gasteiger partial charge in [0.1, 0.15) is 0 Å². The van der Waals surface area contributed by atoms with Crippen LogP contribution in [-0.2, 0) is 0 Å². The summed E-state index contributed by atoms with van der Waals surface area (Å²) in [6.07, 6.45) is 6.77. The van der Waals surface area contributed by atoms with Crippen molar-refractivity contribution in [2.45, 2.75) is 31.4 Å². The summed E-state index contributed by atoms with van der Waals surface area (Å²) in [5, 5.41) is 10.8. The standard InChI is InChI=1S/C18H21IN2O/c19-13-21-11-2-1-5-17(21)18(22)15-8-6-14(7-9-15)16-4-3-10-20-12-16/h3-4,6-10,12,17-18,22H,1-2,5,11,13H2/t17-,18-/m0/s1. The first kappa shape index (κ1) is 15.9. The lowest BCUT2D eigenvalue weighted by atomic mass is 9.92. The Kier molecular flexibility index (Phi) is 5.44. The molecule has 3 rings (SSSR count). The largest absolute Gasteiger partial charge is 0.387 e. The van der Waals surface area contributed by atoms with Crippen LogP contribution in [-0.4, -0.2) is 32.1 Å². The molecule has 3 nitrogen and oxygen atoms in total. The molecule has 1 aromatic heterocycles. The number of rotatable bonds is 4. The molecular formula is C18H21IN2O. The van der Waals surface area contributed by atoms with Crippen LogP contribution >= 0.6 is 22.6 Å². The molecular weight excluding hydrogens is 387 g/mol. The lowest BCUT2D eigenvalue weighted by Gasteiger charge is -2.37. The number of aliphatic hydroxyl groups excluding tert-OH is 1. The first-order valence-corrected chi connectivity index (χ1v) is 9.30. The monoisotopic (exact) mass is 408 g/mol. The van der Waals surface area contributed by atoms with Crippen molar-refractivity contribution >= 4 is 22.6 Å². The lowest BCUT2D eigenvalue weighted by Crippen LogP contribution is -2.42. The molecule has 2 atom stereocenters. The SMILES string of the molecule is O[C@@H](c1ccc(-c2cccnc2)cc1)[C@@H]1CCCCN1CI. The Morgan fingerprint density at radius 1 is 1.18 bits per heavy atom. The van der Waals surface area contributed by atoms with Gasteiger partial charge in [-0.1, -0.05) is 59.3 Å². The quantitative estimate of drug-likeness (QED) is 0.472. The van der Waals surface area contributed by atoms with Gasteiger partial charge in [0.05, 0.1) is 10.7 Å². The maximum absolute atomic E-state index is 10.8. The molecule has 1 saturated heterocycles. The number of aromatic nitrogens is 1. The number of halogens is 1. The fourth-order valence-corrected chi connectivity index (χ4v) is 4.00.